The molecule has 0 amide bonds. The van der Waals surface area contributed by atoms with Crippen molar-refractivity contribution in [1.82, 2.24) is 4.57 Å². The second-order valence-electron chi connectivity index (χ2n) is 5.66. The zero-order valence-electron chi connectivity index (χ0n) is 12.1. The largest absolute Gasteiger partial charge is 0.396 e. The summed E-state index contributed by atoms with van der Waals surface area (Å²) >= 11 is 0. The summed E-state index contributed by atoms with van der Waals surface area (Å²) in [6.45, 7) is 4.71. The summed E-state index contributed by atoms with van der Waals surface area (Å²) in [6, 6.07) is 15.7. The minimum Gasteiger partial charge on any atom is -0.396 e. The molecule has 0 aliphatic heterocycles. The molecule has 0 unspecified atom stereocenters. The number of hydrogen-bond donors (Lipinski definition) is 1. The van der Waals surface area contributed by atoms with Crippen molar-refractivity contribution in [3.63, 3.8) is 0 Å². The Kier molecular flexibility index (Phi) is 3.49. The molecule has 0 saturated carbocycles. The van der Waals surface area contributed by atoms with E-state index in [1.54, 1.807) is 0 Å². The Morgan fingerprint density at radius 1 is 1.00 bits per heavy atom. The van der Waals surface area contributed by atoms with Gasteiger partial charge in [0.05, 0.1) is 0 Å². The lowest BCUT2D eigenvalue weighted by molar-refractivity contribution is 0.288. The fourth-order valence-corrected chi connectivity index (χ4v) is 3.05. The highest BCUT2D eigenvalue weighted by atomic mass is 16.2. The van der Waals surface area contributed by atoms with E-state index in [2.05, 4.69) is 60.9 Å². The summed E-state index contributed by atoms with van der Waals surface area (Å²) in [6.07, 6.45) is 1.77. The maximum atomic E-state index is 8.99. The summed E-state index contributed by atoms with van der Waals surface area (Å²) in [5, 5.41) is 11.6. The number of aryl methyl sites for hydroxylation is 1. The Hall–Kier alpha value is -1.80. The standard InChI is InChI=1S/C18H21NO/c1-13(2)19-17-8-4-3-7-15(17)16-12-14(6-5-11-20)9-10-18(16)19/h3-4,7-10,12-13,20H,5-6,11H2,1-2H3. The van der Waals surface area contributed by atoms with E-state index in [-0.39, 0.29) is 6.61 Å². The molecule has 0 atom stereocenters. The normalized spacial score (nSPS) is 11.8. The van der Waals surface area contributed by atoms with Gasteiger partial charge in [-0.05, 0) is 50.5 Å². The van der Waals surface area contributed by atoms with Gasteiger partial charge in [0.1, 0.15) is 0 Å². The smallest absolute Gasteiger partial charge is 0.0493 e. The van der Waals surface area contributed by atoms with Gasteiger partial charge in [-0.2, -0.15) is 0 Å². The lowest BCUT2D eigenvalue weighted by atomic mass is 10.1. The zero-order valence-corrected chi connectivity index (χ0v) is 12.1. The van der Waals surface area contributed by atoms with Crippen molar-refractivity contribution in [3.05, 3.63) is 48.0 Å². The molecule has 1 N–H and O–H groups in total. The van der Waals surface area contributed by atoms with Gasteiger partial charge in [-0.25, -0.2) is 0 Å². The molecule has 2 nitrogen and oxygen atoms in total. The summed E-state index contributed by atoms with van der Waals surface area (Å²) < 4.78 is 2.40. The number of para-hydroxylation sites is 1. The first-order valence-electron chi connectivity index (χ1n) is 7.35. The highest BCUT2D eigenvalue weighted by molar-refractivity contribution is 6.08. The number of fused-ring (bicyclic) bond motifs is 3. The van der Waals surface area contributed by atoms with Crippen LogP contribution in [0.1, 0.15) is 31.9 Å². The van der Waals surface area contributed by atoms with E-state index < -0.39 is 0 Å². The maximum Gasteiger partial charge on any atom is 0.0493 e. The lowest BCUT2D eigenvalue weighted by Crippen LogP contribution is -1.99. The molecule has 0 bridgehead atoms. The summed E-state index contributed by atoms with van der Waals surface area (Å²) in [7, 11) is 0. The molecular weight excluding hydrogens is 246 g/mol. The molecule has 20 heavy (non-hydrogen) atoms. The molecule has 0 fully saturated rings. The van der Waals surface area contributed by atoms with Gasteiger partial charge in [0.15, 0.2) is 0 Å². The third-order valence-corrected chi connectivity index (χ3v) is 3.91. The van der Waals surface area contributed by atoms with Gasteiger partial charge in [-0.3, -0.25) is 0 Å². The van der Waals surface area contributed by atoms with Crippen LogP contribution >= 0.6 is 0 Å². The molecule has 0 saturated heterocycles. The number of hydrogen-bond acceptors (Lipinski definition) is 1. The average molecular weight is 267 g/mol. The molecule has 3 aromatic rings. The van der Waals surface area contributed by atoms with Crippen molar-refractivity contribution in [2.45, 2.75) is 32.7 Å². The van der Waals surface area contributed by atoms with E-state index in [1.807, 2.05) is 0 Å². The number of aliphatic hydroxyl groups excluding tert-OH is 1. The highest BCUT2D eigenvalue weighted by Crippen LogP contribution is 2.32. The van der Waals surface area contributed by atoms with Gasteiger partial charge in [0, 0.05) is 34.5 Å². The third kappa shape index (κ3) is 2.10. The van der Waals surface area contributed by atoms with Gasteiger partial charge in [-0.1, -0.05) is 24.3 Å². The number of aromatic nitrogens is 1. The molecule has 0 radical (unpaired) electrons. The first-order chi connectivity index (χ1) is 9.72. The van der Waals surface area contributed by atoms with Gasteiger partial charge in [0.25, 0.3) is 0 Å². The van der Waals surface area contributed by atoms with E-state index >= 15 is 0 Å². The second-order valence-corrected chi connectivity index (χ2v) is 5.66. The lowest BCUT2D eigenvalue weighted by Gasteiger charge is -2.11. The van der Waals surface area contributed by atoms with Gasteiger partial charge in [-0.15, -0.1) is 0 Å². The van der Waals surface area contributed by atoms with Crippen LogP contribution in [0, 0.1) is 0 Å². The van der Waals surface area contributed by atoms with E-state index in [1.165, 1.54) is 27.4 Å². The summed E-state index contributed by atoms with van der Waals surface area (Å²) in [5.41, 5.74) is 3.91. The molecule has 3 rings (SSSR count). The van der Waals surface area contributed by atoms with Crippen molar-refractivity contribution in [2.24, 2.45) is 0 Å². The fraction of sp³-hybridized carbons (Fsp3) is 0.333. The Balaban J connectivity index is 2.26. The number of benzene rings is 2. The molecule has 1 aromatic heterocycles. The summed E-state index contributed by atoms with van der Waals surface area (Å²) in [4.78, 5) is 0. The fourth-order valence-electron chi connectivity index (χ4n) is 3.05. The quantitative estimate of drug-likeness (QED) is 0.749. The Labute approximate surface area is 119 Å². The van der Waals surface area contributed by atoms with Crippen LogP contribution in [0.15, 0.2) is 42.5 Å². The van der Waals surface area contributed by atoms with Crippen LogP contribution in [-0.4, -0.2) is 16.3 Å². The Morgan fingerprint density at radius 2 is 1.75 bits per heavy atom. The SMILES string of the molecule is CC(C)n1c2ccccc2c2cc(CCCO)ccc21. The van der Waals surface area contributed by atoms with Crippen molar-refractivity contribution in [2.75, 3.05) is 6.61 Å². The molecule has 2 aromatic carbocycles. The number of rotatable bonds is 4. The van der Waals surface area contributed by atoms with Gasteiger partial charge >= 0.3 is 0 Å². The maximum absolute atomic E-state index is 8.99. The Morgan fingerprint density at radius 3 is 2.50 bits per heavy atom. The Bertz CT molecular complexity index is 740. The van der Waals surface area contributed by atoms with Crippen LogP contribution in [0.2, 0.25) is 0 Å². The molecule has 0 aliphatic rings. The molecule has 0 aliphatic carbocycles. The van der Waals surface area contributed by atoms with Crippen LogP contribution in [0.5, 0.6) is 0 Å². The first kappa shape index (κ1) is 13.2. The molecular formula is C18H21NO. The minimum atomic E-state index is 0.256. The predicted molar refractivity (Wildman–Crippen MR) is 85.2 cm³/mol. The van der Waals surface area contributed by atoms with Crippen LogP contribution in [-0.2, 0) is 6.42 Å². The molecule has 104 valence electrons. The van der Waals surface area contributed by atoms with E-state index in [0.29, 0.717) is 6.04 Å². The van der Waals surface area contributed by atoms with Crippen molar-refractivity contribution in [3.8, 4) is 0 Å². The minimum absolute atomic E-state index is 0.256. The first-order valence-corrected chi connectivity index (χ1v) is 7.35. The third-order valence-electron chi connectivity index (χ3n) is 3.91. The van der Waals surface area contributed by atoms with Crippen LogP contribution in [0.3, 0.4) is 0 Å². The topological polar surface area (TPSA) is 25.2 Å². The molecule has 2 heteroatoms. The van der Waals surface area contributed by atoms with Crippen LogP contribution in [0.25, 0.3) is 21.8 Å². The average Bonchev–Trinajstić information content (AvgIpc) is 2.79. The van der Waals surface area contributed by atoms with Crippen molar-refractivity contribution < 1.29 is 5.11 Å². The van der Waals surface area contributed by atoms with Crippen LogP contribution in [0.4, 0.5) is 0 Å². The number of aliphatic hydroxyl groups is 1. The number of nitrogens with zero attached hydrogens (tertiary/aromatic N) is 1. The monoisotopic (exact) mass is 267 g/mol. The van der Waals surface area contributed by atoms with Gasteiger partial charge < -0.3 is 9.67 Å². The van der Waals surface area contributed by atoms with E-state index in [0.717, 1.165) is 12.8 Å². The molecule has 0 spiro atoms. The zero-order chi connectivity index (χ0) is 14.1. The van der Waals surface area contributed by atoms with Crippen LogP contribution < -0.4 is 0 Å². The van der Waals surface area contributed by atoms with Crippen molar-refractivity contribution in [1.29, 1.82) is 0 Å². The molecule has 1 heterocycles. The second kappa shape index (κ2) is 5.29. The van der Waals surface area contributed by atoms with E-state index in [4.69, 9.17) is 5.11 Å². The van der Waals surface area contributed by atoms with Gasteiger partial charge in [0.2, 0.25) is 0 Å². The van der Waals surface area contributed by atoms with Crippen molar-refractivity contribution >= 4 is 21.8 Å². The van der Waals surface area contributed by atoms with E-state index in [9.17, 15) is 0 Å². The highest BCUT2D eigenvalue weighted by Gasteiger charge is 2.12. The summed E-state index contributed by atoms with van der Waals surface area (Å²) in [5.74, 6) is 0. The predicted octanol–water partition coefficient (Wildman–Crippen LogP) is 4.30.